The number of nitrogens with one attached hydrogen (secondary N) is 1. The van der Waals surface area contributed by atoms with E-state index in [9.17, 15) is 14.7 Å². The Kier molecular flexibility index (Phi) is 4.57. The Morgan fingerprint density at radius 3 is 2.65 bits per heavy atom. The molecule has 6 heteroatoms. The van der Waals surface area contributed by atoms with Crippen LogP contribution in [-0.2, 0) is 4.79 Å². The predicted octanol–water partition coefficient (Wildman–Crippen LogP) is 3.37. The molecule has 1 atom stereocenters. The van der Waals surface area contributed by atoms with Crippen molar-refractivity contribution in [2.24, 2.45) is 0 Å². The molecule has 1 aromatic carbocycles. The third kappa shape index (κ3) is 3.26. The van der Waals surface area contributed by atoms with Crippen LogP contribution in [0.1, 0.15) is 26.8 Å². The van der Waals surface area contributed by atoms with Crippen molar-refractivity contribution in [2.75, 3.05) is 0 Å². The summed E-state index contributed by atoms with van der Waals surface area (Å²) in [5.41, 5.74) is 1.25. The van der Waals surface area contributed by atoms with E-state index in [1.165, 1.54) is 11.3 Å². The number of rotatable bonds is 4. The zero-order chi connectivity index (χ0) is 14.7. The highest BCUT2D eigenvalue weighted by molar-refractivity contribution is 9.10. The van der Waals surface area contributed by atoms with Gasteiger partial charge in [-0.25, -0.2) is 4.79 Å². The summed E-state index contributed by atoms with van der Waals surface area (Å²) in [5.74, 6) is -1.47. The number of hydrogen-bond acceptors (Lipinski definition) is 3. The van der Waals surface area contributed by atoms with E-state index < -0.39 is 17.9 Å². The summed E-state index contributed by atoms with van der Waals surface area (Å²) in [5, 5.41) is 13.6. The number of aliphatic carboxylic acids is 1. The van der Waals surface area contributed by atoms with Crippen molar-refractivity contribution in [1.29, 1.82) is 0 Å². The third-order valence-electron chi connectivity index (χ3n) is 2.78. The normalized spacial score (nSPS) is 11.9. The molecule has 4 nitrogen and oxygen atoms in total. The topological polar surface area (TPSA) is 66.4 Å². The minimum absolute atomic E-state index is 0.393. The average Bonchev–Trinajstić information content (AvgIpc) is 2.88. The van der Waals surface area contributed by atoms with Gasteiger partial charge in [-0.05, 0) is 42.1 Å². The Morgan fingerprint density at radius 2 is 2.10 bits per heavy atom. The molecular weight excluding hydrogens is 342 g/mol. The summed E-state index contributed by atoms with van der Waals surface area (Å²) in [6.45, 7) is 1.81. The molecule has 2 N–H and O–H groups in total. The summed E-state index contributed by atoms with van der Waals surface area (Å²) in [6.07, 6.45) is 0. The lowest BCUT2D eigenvalue weighted by Crippen LogP contribution is -2.33. The van der Waals surface area contributed by atoms with Gasteiger partial charge in [-0.1, -0.05) is 22.0 Å². The number of carbonyl (C=O) groups excluding carboxylic acids is 1. The van der Waals surface area contributed by atoms with E-state index in [-0.39, 0.29) is 0 Å². The highest BCUT2D eigenvalue weighted by Crippen LogP contribution is 2.21. The largest absolute Gasteiger partial charge is 0.479 e. The number of thiophene rings is 1. The van der Waals surface area contributed by atoms with Crippen LogP contribution in [0.25, 0.3) is 0 Å². The van der Waals surface area contributed by atoms with Crippen molar-refractivity contribution in [3.05, 3.63) is 56.2 Å². The summed E-state index contributed by atoms with van der Waals surface area (Å²) in [6, 6.07) is 7.66. The summed E-state index contributed by atoms with van der Waals surface area (Å²) >= 11 is 4.63. The van der Waals surface area contributed by atoms with Crippen molar-refractivity contribution < 1.29 is 14.7 Å². The quantitative estimate of drug-likeness (QED) is 0.885. The minimum atomic E-state index is -1.07. The van der Waals surface area contributed by atoms with Gasteiger partial charge in [-0.3, -0.25) is 4.79 Å². The van der Waals surface area contributed by atoms with Crippen LogP contribution >= 0.6 is 27.3 Å². The third-order valence-corrected chi connectivity index (χ3v) is 4.21. The van der Waals surface area contributed by atoms with Gasteiger partial charge in [-0.2, -0.15) is 0 Å². The number of carboxylic acid groups (broad SMARTS) is 1. The first-order valence-electron chi connectivity index (χ1n) is 5.82. The maximum atomic E-state index is 12.2. The van der Waals surface area contributed by atoms with Crippen molar-refractivity contribution in [3.63, 3.8) is 0 Å². The Hall–Kier alpha value is -1.66. The second-order valence-electron chi connectivity index (χ2n) is 4.22. The van der Waals surface area contributed by atoms with Crippen LogP contribution in [0.3, 0.4) is 0 Å². The molecule has 0 aliphatic rings. The molecular formula is C14H12BrNO3S. The van der Waals surface area contributed by atoms with Crippen LogP contribution in [0.4, 0.5) is 0 Å². The molecule has 20 heavy (non-hydrogen) atoms. The average molecular weight is 354 g/mol. The van der Waals surface area contributed by atoms with Gasteiger partial charge in [0, 0.05) is 14.9 Å². The molecule has 0 fully saturated rings. The fourth-order valence-electron chi connectivity index (χ4n) is 1.80. The van der Waals surface area contributed by atoms with Gasteiger partial charge >= 0.3 is 5.97 Å². The van der Waals surface area contributed by atoms with Crippen molar-refractivity contribution in [1.82, 2.24) is 5.32 Å². The fraction of sp³-hybridized carbons (Fsp3) is 0.143. The molecule has 1 heterocycles. The van der Waals surface area contributed by atoms with Gasteiger partial charge in [0.1, 0.15) is 0 Å². The van der Waals surface area contributed by atoms with E-state index in [0.717, 1.165) is 10.0 Å². The standard InChI is InChI=1S/C14H12BrNO3S/c1-8-7-9(15)4-5-10(8)13(17)16-12(14(18)19)11-3-2-6-20-11/h2-7,12H,1H3,(H,16,17)(H,18,19). The van der Waals surface area contributed by atoms with E-state index in [0.29, 0.717) is 10.4 Å². The summed E-state index contributed by atoms with van der Waals surface area (Å²) < 4.78 is 0.875. The summed E-state index contributed by atoms with van der Waals surface area (Å²) in [4.78, 5) is 24.1. The van der Waals surface area contributed by atoms with Gasteiger partial charge in [-0.15, -0.1) is 11.3 Å². The van der Waals surface area contributed by atoms with E-state index in [2.05, 4.69) is 21.2 Å². The Labute approximate surface area is 128 Å². The zero-order valence-electron chi connectivity index (χ0n) is 10.6. The number of carbonyl (C=O) groups is 2. The van der Waals surface area contributed by atoms with Crippen LogP contribution in [0, 0.1) is 6.92 Å². The monoisotopic (exact) mass is 353 g/mol. The number of benzene rings is 1. The van der Waals surface area contributed by atoms with Crippen LogP contribution in [0.5, 0.6) is 0 Å². The lowest BCUT2D eigenvalue weighted by Gasteiger charge is -2.14. The Bertz CT molecular complexity index is 640. The minimum Gasteiger partial charge on any atom is -0.479 e. The number of halogens is 1. The molecule has 0 radical (unpaired) electrons. The first kappa shape index (κ1) is 14.7. The van der Waals surface area contributed by atoms with Crippen LogP contribution in [0.2, 0.25) is 0 Å². The number of amides is 1. The molecule has 0 saturated heterocycles. The predicted molar refractivity (Wildman–Crippen MR) is 81.0 cm³/mol. The first-order valence-corrected chi connectivity index (χ1v) is 7.49. The lowest BCUT2D eigenvalue weighted by molar-refractivity contribution is -0.139. The molecule has 0 aliphatic carbocycles. The van der Waals surface area contributed by atoms with Crippen LogP contribution in [0.15, 0.2) is 40.2 Å². The second-order valence-corrected chi connectivity index (χ2v) is 6.11. The van der Waals surface area contributed by atoms with Crippen LogP contribution < -0.4 is 5.32 Å². The molecule has 104 valence electrons. The van der Waals surface area contributed by atoms with Gasteiger partial charge in [0.2, 0.25) is 0 Å². The van der Waals surface area contributed by atoms with E-state index >= 15 is 0 Å². The van der Waals surface area contributed by atoms with Gasteiger partial charge in [0.05, 0.1) is 0 Å². The smallest absolute Gasteiger partial charge is 0.331 e. The maximum Gasteiger partial charge on any atom is 0.331 e. The molecule has 0 spiro atoms. The second kappa shape index (κ2) is 6.19. The van der Waals surface area contributed by atoms with Gasteiger partial charge < -0.3 is 10.4 Å². The molecule has 2 aromatic rings. The maximum absolute atomic E-state index is 12.2. The molecule has 0 bridgehead atoms. The highest BCUT2D eigenvalue weighted by Gasteiger charge is 2.24. The summed E-state index contributed by atoms with van der Waals surface area (Å²) in [7, 11) is 0. The first-order chi connectivity index (χ1) is 9.49. The number of hydrogen-bond donors (Lipinski definition) is 2. The van der Waals surface area contributed by atoms with Crippen molar-refractivity contribution in [3.8, 4) is 0 Å². The molecule has 2 rings (SSSR count). The number of aryl methyl sites for hydroxylation is 1. The molecule has 0 saturated carbocycles. The van der Waals surface area contributed by atoms with E-state index in [4.69, 9.17) is 0 Å². The lowest BCUT2D eigenvalue weighted by atomic mass is 10.1. The van der Waals surface area contributed by atoms with Gasteiger partial charge in [0.25, 0.3) is 5.91 Å². The molecule has 1 aromatic heterocycles. The van der Waals surface area contributed by atoms with E-state index in [1.54, 1.807) is 36.6 Å². The fourth-order valence-corrected chi connectivity index (χ4v) is 3.04. The number of carboxylic acids is 1. The van der Waals surface area contributed by atoms with Crippen molar-refractivity contribution in [2.45, 2.75) is 13.0 Å². The Balaban J connectivity index is 2.23. The van der Waals surface area contributed by atoms with Gasteiger partial charge in [0.15, 0.2) is 6.04 Å². The zero-order valence-corrected chi connectivity index (χ0v) is 13.0. The molecule has 1 amide bonds. The van der Waals surface area contributed by atoms with E-state index in [1.807, 2.05) is 6.07 Å². The molecule has 1 unspecified atom stereocenters. The molecule has 0 aliphatic heterocycles. The highest BCUT2D eigenvalue weighted by atomic mass is 79.9. The van der Waals surface area contributed by atoms with Crippen molar-refractivity contribution >= 4 is 39.1 Å². The SMILES string of the molecule is Cc1cc(Br)ccc1C(=O)NC(C(=O)O)c1cccs1. The Morgan fingerprint density at radius 1 is 1.35 bits per heavy atom. The van der Waals surface area contributed by atoms with Crippen LogP contribution in [-0.4, -0.2) is 17.0 Å².